The average molecular weight is 276 g/mol. The minimum Gasteiger partial charge on any atom is -0.361 e. The van der Waals surface area contributed by atoms with Gasteiger partial charge in [-0.2, -0.15) is 5.10 Å². The molecule has 0 radical (unpaired) electrons. The lowest BCUT2D eigenvalue weighted by Gasteiger charge is -2.05. The van der Waals surface area contributed by atoms with Crippen LogP contribution in [0.2, 0.25) is 0 Å². The van der Waals surface area contributed by atoms with Gasteiger partial charge in [-0.05, 0) is 37.7 Å². The molecule has 19 heavy (non-hydrogen) atoms. The molecule has 0 fully saturated rings. The average Bonchev–Trinajstić information content (AvgIpc) is 2.86. The topological polar surface area (TPSA) is 78.0 Å². The largest absolute Gasteiger partial charge is 0.361 e. The molecule has 0 aliphatic carbocycles. The Morgan fingerprint density at radius 1 is 1.53 bits per heavy atom. The normalized spacial score (nSPS) is 11.6. The molecule has 2 heterocycles. The number of nitrogens with zero attached hydrogens (tertiary/aromatic N) is 3. The number of imidazole rings is 1. The van der Waals surface area contributed by atoms with Gasteiger partial charge in [-0.15, -0.1) is 0 Å². The molecule has 0 bridgehead atoms. The van der Waals surface area contributed by atoms with Gasteiger partial charge in [0, 0.05) is 12.7 Å². The first-order valence-electron chi connectivity index (χ1n) is 6.10. The van der Waals surface area contributed by atoms with Crippen molar-refractivity contribution in [2.45, 2.75) is 20.3 Å². The third-order valence-corrected chi connectivity index (χ3v) is 2.70. The third kappa shape index (κ3) is 3.47. The summed E-state index contributed by atoms with van der Waals surface area (Å²) in [5, 5.41) is 7.73. The Balaban J connectivity index is 2.06. The number of pyridine rings is 1. The fraction of sp³-hybridized carbons (Fsp3) is 0.333. The van der Waals surface area contributed by atoms with E-state index in [0.29, 0.717) is 16.6 Å². The summed E-state index contributed by atoms with van der Waals surface area (Å²) in [6, 6.07) is 3.78. The van der Waals surface area contributed by atoms with Gasteiger partial charge in [0.05, 0.1) is 5.52 Å². The molecular formula is C12H16N6S. The molecule has 7 heteroatoms. The second-order valence-corrected chi connectivity index (χ2v) is 4.43. The smallest absolute Gasteiger partial charge is 0.186 e. The zero-order valence-electron chi connectivity index (χ0n) is 10.9. The molecule has 2 rings (SSSR count). The molecule has 0 aromatic carbocycles. The zero-order valence-corrected chi connectivity index (χ0v) is 11.7. The fourth-order valence-electron chi connectivity index (χ4n) is 1.48. The first-order valence-corrected chi connectivity index (χ1v) is 6.50. The lowest BCUT2D eigenvalue weighted by Crippen LogP contribution is -2.33. The molecular weight excluding hydrogens is 260 g/mol. The molecule has 2 aromatic rings. The number of thiocarbonyl (C=S) groups is 1. The van der Waals surface area contributed by atoms with Crippen LogP contribution in [0.25, 0.3) is 11.2 Å². The predicted molar refractivity (Wildman–Crippen MR) is 80.1 cm³/mol. The van der Waals surface area contributed by atoms with E-state index in [1.165, 1.54) is 0 Å². The maximum absolute atomic E-state index is 5.08. The van der Waals surface area contributed by atoms with Crippen LogP contribution in [0.5, 0.6) is 0 Å². The maximum Gasteiger partial charge on any atom is 0.186 e. The molecule has 0 aliphatic rings. The van der Waals surface area contributed by atoms with E-state index in [0.717, 1.165) is 24.2 Å². The Hall–Kier alpha value is -2.02. The van der Waals surface area contributed by atoms with Crippen LogP contribution >= 0.6 is 12.2 Å². The molecule has 6 nitrogen and oxygen atoms in total. The van der Waals surface area contributed by atoms with Crippen molar-refractivity contribution in [2.24, 2.45) is 5.10 Å². The highest BCUT2D eigenvalue weighted by Gasteiger charge is 2.05. The van der Waals surface area contributed by atoms with Gasteiger partial charge in [-0.1, -0.05) is 6.92 Å². The van der Waals surface area contributed by atoms with Crippen molar-refractivity contribution in [1.29, 1.82) is 0 Å². The second kappa shape index (κ2) is 6.24. The molecule has 0 aliphatic heterocycles. The van der Waals surface area contributed by atoms with Gasteiger partial charge in [-0.3, -0.25) is 5.43 Å². The van der Waals surface area contributed by atoms with Crippen LogP contribution < -0.4 is 10.7 Å². The van der Waals surface area contributed by atoms with E-state index in [9.17, 15) is 0 Å². The summed E-state index contributed by atoms with van der Waals surface area (Å²) >= 11 is 5.08. The summed E-state index contributed by atoms with van der Waals surface area (Å²) in [4.78, 5) is 11.7. The van der Waals surface area contributed by atoms with Crippen LogP contribution in [-0.4, -0.2) is 32.3 Å². The Bertz CT molecular complexity index is 570. The number of aromatic nitrogens is 3. The Morgan fingerprint density at radius 2 is 2.37 bits per heavy atom. The number of aromatic amines is 1. The van der Waals surface area contributed by atoms with Crippen LogP contribution in [0.1, 0.15) is 26.1 Å². The van der Waals surface area contributed by atoms with Crippen molar-refractivity contribution in [3.63, 3.8) is 0 Å². The van der Waals surface area contributed by atoms with Crippen molar-refractivity contribution < 1.29 is 0 Å². The summed E-state index contributed by atoms with van der Waals surface area (Å²) in [6.45, 7) is 4.76. The van der Waals surface area contributed by atoms with Gasteiger partial charge in [0.25, 0.3) is 0 Å². The fourth-order valence-corrected chi connectivity index (χ4v) is 1.63. The minimum atomic E-state index is 0.510. The van der Waals surface area contributed by atoms with E-state index in [-0.39, 0.29) is 0 Å². The Morgan fingerprint density at radius 3 is 3.11 bits per heavy atom. The number of hydrogen-bond acceptors (Lipinski definition) is 4. The van der Waals surface area contributed by atoms with Crippen LogP contribution in [0.15, 0.2) is 23.4 Å². The highest BCUT2D eigenvalue weighted by molar-refractivity contribution is 7.80. The molecule has 0 spiro atoms. The molecule has 0 unspecified atom stereocenters. The van der Waals surface area contributed by atoms with Crippen molar-refractivity contribution in [3.05, 3.63) is 24.2 Å². The highest BCUT2D eigenvalue weighted by Crippen LogP contribution is 2.07. The highest BCUT2D eigenvalue weighted by atomic mass is 32.1. The van der Waals surface area contributed by atoms with Crippen LogP contribution in [0.3, 0.4) is 0 Å². The summed E-state index contributed by atoms with van der Waals surface area (Å²) < 4.78 is 0. The summed E-state index contributed by atoms with van der Waals surface area (Å²) in [6.07, 6.45) is 2.72. The van der Waals surface area contributed by atoms with Crippen molar-refractivity contribution in [3.8, 4) is 0 Å². The van der Waals surface area contributed by atoms with Crippen molar-refractivity contribution >= 4 is 34.2 Å². The standard InChI is InChI=1S/C12H16N6S/c1-3-6-14-12(19)18-17-8(2)10-15-9-5-4-7-13-11(9)16-10/h4-5,7H,3,6H2,1-2H3,(H,13,15,16)(H2,14,18,19)/b17-8+. The molecule has 100 valence electrons. The van der Waals surface area contributed by atoms with E-state index >= 15 is 0 Å². The van der Waals surface area contributed by atoms with Gasteiger partial charge in [-0.25, -0.2) is 9.97 Å². The number of hydrogen-bond donors (Lipinski definition) is 3. The first kappa shape index (κ1) is 13.4. The minimum absolute atomic E-state index is 0.510. The van der Waals surface area contributed by atoms with E-state index in [1.54, 1.807) is 6.20 Å². The predicted octanol–water partition coefficient (Wildman–Crippen LogP) is 1.56. The summed E-state index contributed by atoms with van der Waals surface area (Å²) in [5.41, 5.74) is 5.08. The van der Waals surface area contributed by atoms with Crippen molar-refractivity contribution in [2.75, 3.05) is 6.54 Å². The van der Waals surface area contributed by atoms with Gasteiger partial charge < -0.3 is 10.3 Å². The summed E-state index contributed by atoms with van der Waals surface area (Å²) in [7, 11) is 0. The van der Waals surface area contributed by atoms with Crippen LogP contribution in [0, 0.1) is 0 Å². The number of fused-ring (bicyclic) bond motifs is 1. The van der Waals surface area contributed by atoms with E-state index < -0.39 is 0 Å². The van der Waals surface area contributed by atoms with Crippen LogP contribution in [0.4, 0.5) is 0 Å². The number of hydrazone groups is 1. The third-order valence-electron chi connectivity index (χ3n) is 2.46. The maximum atomic E-state index is 5.08. The quantitative estimate of drug-likeness (QED) is 0.449. The Labute approximate surface area is 116 Å². The molecule has 0 amide bonds. The zero-order chi connectivity index (χ0) is 13.7. The van der Waals surface area contributed by atoms with Crippen molar-refractivity contribution in [1.82, 2.24) is 25.7 Å². The van der Waals surface area contributed by atoms with Gasteiger partial charge in [0.15, 0.2) is 16.6 Å². The van der Waals surface area contributed by atoms with Crippen LogP contribution in [-0.2, 0) is 0 Å². The lowest BCUT2D eigenvalue weighted by molar-refractivity contribution is 0.816. The molecule has 0 saturated heterocycles. The van der Waals surface area contributed by atoms with Gasteiger partial charge in [0.2, 0.25) is 0 Å². The Kier molecular flexibility index (Phi) is 4.40. The number of H-pyrrole nitrogens is 1. The number of nitrogens with one attached hydrogen (secondary N) is 3. The van der Waals surface area contributed by atoms with Gasteiger partial charge in [0.1, 0.15) is 5.71 Å². The van der Waals surface area contributed by atoms with Gasteiger partial charge >= 0.3 is 0 Å². The molecule has 3 N–H and O–H groups in total. The molecule has 0 saturated carbocycles. The van der Waals surface area contributed by atoms with E-state index in [4.69, 9.17) is 12.2 Å². The molecule has 2 aromatic heterocycles. The number of rotatable bonds is 4. The van der Waals surface area contributed by atoms with E-state index in [1.807, 2.05) is 19.1 Å². The monoisotopic (exact) mass is 276 g/mol. The van der Waals surface area contributed by atoms with E-state index in [2.05, 4.69) is 37.7 Å². The second-order valence-electron chi connectivity index (χ2n) is 4.02. The lowest BCUT2D eigenvalue weighted by atomic mass is 10.4. The molecule has 0 atom stereocenters. The summed E-state index contributed by atoms with van der Waals surface area (Å²) in [5.74, 6) is 0.680. The first-order chi connectivity index (χ1) is 9.20. The SMILES string of the molecule is CCCNC(=S)N/N=C(\C)c1nc2ncccc2[nH]1.